The lowest BCUT2D eigenvalue weighted by Gasteiger charge is -2.17. The van der Waals surface area contributed by atoms with Crippen LogP contribution < -0.4 is 5.32 Å². The Balaban J connectivity index is 2.77. The Morgan fingerprint density at radius 3 is 2.34 bits per heavy atom. The zero-order valence-electron chi connectivity index (χ0n) is 17.0. The molecule has 1 rings (SSSR count). The summed E-state index contributed by atoms with van der Waals surface area (Å²) in [6.45, 7) is 2.99. The molecule has 1 aromatic rings. The zero-order chi connectivity index (χ0) is 22.0. The minimum absolute atomic E-state index is 0.0341. The number of Topliss-reactive ketones (excluding diaryl/α,β-unsaturated/α-hetero) is 1. The van der Waals surface area contributed by atoms with Crippen molar-refractivity contribution >= 4 is 33.5 Å². The number of ether oxygens (including phenoxy) is 2. The molecule has 0 saturated carbocycles. The first kappa shape index (κ1) is 24.7. The van der Waals surface area contributed by atoms with Crippen molar-refractivity contribution in [2.45, 2.75) is 44.1 Å². The molecule has 0 saturated heterocycles. The Kier molecular flexibility index (Phi) is 9.93. The van der Waals surface area contributed by atoms with Gasteiger partial charge in [-0.3, -0.25) is 8.98 Å². The van der Waals surface area contributed by atoms with Crippen LogP contribution in [0, 0.1) is 5.92 Å². The molecular weight excluding hydrogens is 402 g/mol. The maximum absolute atomic E-state index is 12.4. The van der Waals surface area contributed by atoms with Gasteiger partial charge in [-0.05, 0) is 38.3 Å². The molecule has 0 fully saturated rings. The van der Waals surface area contributed by atoms with Gasteiger partial charge in [-0.25, -0.2) is 4.79 Å². The molecule has 0 spiro atoms. The summed E-state index contributed by atoms with van der Waals surface area (Å²) in [5, 5.41) is 2.54. The van der Waals surface area contributed by atoms with Gasteiger partial charge in [0.25, 0.3) is 10.1 Å². The van der Waals surface area contributed by atoms with Gasteiger partial charge in [0.2, 0.25) is 5.91 Å². The number of hydrogen-bond acceptors (Lipinski definition) is 8. The molecule has 29 heavy (non-hydrogen) atoms. The fourth-order valence-corrected chi connectivity index (χ4v) is 3.38. The molecule has 2 atom stereocenters. The van der Waals surface area contributed by atoms with Crippen LogP contribution in [0.15, 0.2) is 29.2 Å². The number of anilines is 1. The number of carbonyl (C=O) groups excluding carboxylic acids is 3. The summed E-state index contributed by atoms with van der Waals surface area (Å²) in [5.74, 6) is -1.48. The molecule has 2 unspecified atom stereocenters. The third kappa shape index (κ3) is 8.30. The van der Waals surface area contributed by atoms with Crippen molar-refractivity contribution in [2.75, 3.05) is 26.1 Å². The third-order valence-corrected chi connectivity index (χ3v) is 5.49. The van der Waals surface area contributed by atoms with Gasteiger partial charge in [0.15, 0.2) is 6.10 Å². The van der Waals surface area contributed by atoms with E-state index in [9.17, 15) is 22.8 Å². The predicted octanol–water partition coefficient (Wildman–Crippen LogP) is 1.91. The van der Waals surface area contributed by atoms with Crippen LogP contribution in [-0.4, -0.2) is 53.0 Å². The van der Waals surface area contributed by atoms with Crippen LogP contribution in [0.25, 0.3) is 0 Å². The van der Waals surface area contributed by atoms with Gasteiger partial charge < -0.3 is 19.6 Å². The molecular formula is C19H27NO8S. The summed E-state index contributed by atoms with van der Waals surface area (Å²) in [7, 11) is -1.58. The number of amides is 1. The molecule has 0 aliphatic rings. The molecule has 0 radical (unpaired) electrons. The standard InChI is InChI=1S/C19H27NO8S/c1-13(21)11-15(9-10-28-19(23)14(2)26-3)12-18(22)20-16-7-5-6-8-17(16)29(24,25)27-4/h5-8,14-15H,9-12H2,1-4H3,(H,20,22). The van der Waals surface area contributed by atoms with E-state index in [0.717, 1.165) is 7.11 Å². The van der Waals surface area contributed by atoms with Crippen LogP contribution in [0.1, 0.15) is 33.1 Å². The predicted molar refractivity (Wildman–Crippen MR) is 105 cm³/mol. The van der Waals surface area contributed by atoms with E-state index in [1.54, 1.807) is 13.0 Å². The van der Waals surface area contributed by atoms with Gasteiger partial charge in [-0.15, -0.1) is 0 Å². The van der Waals surface area contributed by atoms with E-state index in [1.807, 2.05) is 0 Å². The number of ketones is 1. The second kappa shape index (κ2) is 11.6. The van der Waals surface area contributed by atoms with Crippen molar-refractivity contribution in [3.63, 3.8) is 0 Å². The van der Waals surface area contributed by atoms with E-state index < -0.39 is 28.1 Å². The Morgan fingerprint density at radius 1 is 1.10 bits per heavy atom. The number of rotatable bonds is 12. The Labute approximate surface area is 170 Å². The molecule has 1 aromatic carbocycles. The number of carbonyl (C=O) groups is 3. The fourth-order valence-electron chi connectivity index (χ4n) is 2.56. The summed E-state index contributed by atoms with van der Waals surface area (Å²) in [6.07, 6.45) is -0.322. The van der Waals surface area contributed by atoms with E-state index in [2.05, 4.69) is 9.50 Å². The first-order valence-corrected chi connectivity index (χ1v) is 10.4. The molecule has 1 amide bonds. The SMILES string of the molecule is COC(C)C(=O)OCCC(CC(C)=O)CC(=O)Nc1ccccc1S(=O)(=O)OC. The van der Waals surface area contributed by atoms with Gasteiger partial charge >= 0.3 is 5.97 Å². The highest BCUT2D eigenvalue weighted by Gasteiger charge is 2.22. The molecule has 0 aliphatic carbocycles. The van der Waals surface area contributed by atoms with E-state index in [1.165, 1.54) is 32.2 Å². The highest BCUT2D eigenvalue weighted by Crippen LogP contribution is 2.23. The highest BCUT2D eigenvalue weighted by atomic mass is 32.2. The highest BCUT2D eigenvalue weighted by molar-refractivity contribution is 7.87. The molecule has 162 valence electrons. The average molecular weight is 429 g/mol. The van der Waals surface area contributed by atoms with E-state index >= 15 is 0 Å². The number of hydrogen-bond donors (Lipinski definition) is 1. The fraction of sp³-hybridized carbons (Fsp3) is 0.526. The van der Waals surface area contributed by atoms with Crippen LogP contribution >= 0.6 is 0 Å². The van der Waals surface area contributed by atoms with Crippen molar-refractivity contribution in [3.05, 3.63) is 24.3 Å². The van der Waals surface area contributed by atoms with E-state index in [4.69, 9.17) is 9.47 Å². The molecule has 0 aromatic heterocycles. The maximum atomic E-state index is 12.4. The molecule has 0 heterocycles. The quantitative estimate of drug-likeness (QED) is 0.395. The Bertz CT molecular complexity index is 821. The van der Waals surface area contributed by atoms with Gasteiger partial charge in [-0.1, -0.05) is 12.1 Å². The topological polar surface area (TPSA) is 125 Å². The summed E-state index contributed by atoms with van der Waals surface area (Å²) < 4.78 is 38.4. The maximum Gasteiger partial charge on any atom is 0.334 e. The minimum atomic E-state index is -3.99. The Hall–Kier alpha value is -2.30. The number of nitrogens with one attached hydrogen (secondary N) is 1. The van der Waals surface area contributed by atoms with Crippen molar-refractivity contribution in [1.29, 1.82) is 0 Å². The molecule has 9 nitrogen and oxygen atoms in total. The van der Waals surface area contributed by atoms with E-state index in [0.29, 0.717) is 6.42 Å². The van der Waals surface area contributed by atoms with Crippen molar-refractivity contribution < 1.29 is 36.5 Å². The number of para-hydroxylation sites is 1. The monoisotopic (exact) mass is 429 g/mol. The Morgan fingerprint density at radius 2 is 1.76 bits per heavy atom. The van der Waals surface area contributed by atoms with Crippen LogP contribution in [0.5, 0.6) is 0 Å². The van der Waals surface area contributed by atoms with Crippen molar-refractivity contribution in [1.82, 2.24) is 0 Å². The molecule has 10 heteroatoms. The third-order valence-electron chi connectivity index (χ3n) is 4.16. The zero-order valence-corrected chi connectivity index (χ0v) is 17.8. The minimum Gasteiger partial charge on any atom is -0.464 e. The second-order valence-corrected chi connectivity index (χ2v) is 8.16. The number of methoxy groups -OCH3 is 1. The summed E-state index contributed by atoms with van der Waals surface area (Å²) in [4.78, 5) is 35.4. The average Bonchev–Trinajstić information content (AvgIpc) is 2.66. The van der Waals surface area contributed by atoms with Crippen LogP contribution in [0.4, 0.5) is 5.69 Å². The lowest BCUT2D eigenvalue weighted by atomic mass is 9.95. The van der Waals surface area contributed by atoms with Crippen LogP contribution in [0.2, 0.25) is 0 Å². The van der Waals surface area contributed by atoms with E-state index in [-0.39, 0.29) is 41.7 Å². The van der Waals surface area contributed by atoms with Gasteiger partial charge in [0.1, 0.15) is 10.7 Å². The normalized spacial score (nSPS) is 13.4. The first-order chi connectivity index (χ1) is 13.6. The molecule has 1 N–H and O–H groups in total. The second-order valence-electron chi connectivity index (χ2n) is 6.48. The molecule has 0 bridgehead atoms. The number of esters is 1. The van der Waals surface area contributed by atoms with Crippen molar-refractivity contribution in [3.8, 4) is 0 Å². The largest absolute Gasteiger partial charge is 0.464 e. The lowest BCUT2D eigenvalue weighted by molar-refractivity contribution is -0.154. The smallest absolute Gasteiger partial charge is 0.334 e. The summed E-state index contributed by atoms with van der Waals surface area (Å²) in [5.41, 5.74) is 0.0845. The summed E-state index contributed by atoms with van der Waals surface area (Å²) in [6, 6.07) is 5.85. The van der Waals surface area contributed by atoms with Gasteiger partial charge in [-0.2, -0.15) is 8.42 Å². The lowest BCUT2D eigenvalue weighted by Crippen LogP contribution is -2.24. The van der Waals surface area contributed by atoms with Gasteiger partial charge in [0, 0.05) is 20.0 Å². The number of benzene rings is 1. The first-order valence-electron chi connectivity index (χ1n) is 8.99. The van der Waals surface area contributed by atoms with Gasteiger partial charge in [0.05, 0.1) is 19.4 Å². The van der Waals surface area contributed by atoms with Crippen LogP contribution in [-0.2, 0) is 38.2 Å². The summed E-state index contributed by atoms with van der Waals surface area (Å²) >= 11 is 0. The molecule has 0 aliphatic heterocycles. The van der Waals surface area contributed by atoms with Crippen LogP contribution in [0.3, 0.4) is 0 Å². The van der Waals surface area contributed by atoms with Crippen molar-refractivity contribution in [2.24, 2.45) is 5.92 Å².